The summed E-state index contributed by atoms with van der Waals surface area (Å²) in [6.07, 6.45) is 1.51. The molecule has 0 bridgehead atoms. The van der Waals surface area contributed by atoms with Gasteiger partial charge in [0.05, 0.1) is 9.83 Å². The first kappa shape index (κ1) is 20.3. The van der Waals surface area contributed by atoms with Gasteiger partial charge in [-0.05, 0) is 48.9 Å². The maximum Gasteiger partial charge on any atom is 0.303 e. The van der Waals surface area contributed by atoms with Crippen molar-refractivity contribution in [3.63, 3.8) is 0 Å². The highest BCUT2D eigenvalue weighted by Gasteiger charge is 2.34. The highest BCUT2D eigenvalue weighted by atomic mass is 32.2. The number of rotatable bonds is 7. The number of furan rings is 1. The third kappa shape index (κ3) is 4.54. The molecule has 3 rings (SSSR count). The van der Waals surface area contributed by atoms with Crippen molar-refractivity contribution in [1.29, 1.82) is 0 Å². The van der Waals surface area contributed by atoms with E-state index in [0.29, 0.717) is 22.6 Å². The molecule has 0 radical (unpaired) electrons. The number of hydrogen-bond donors (Lipinski definition) is 1. The van der Waals surface area contributed by atoms with Gasteiger partial charge in [-0.15, -0.1) is 0 Å². The van der Waals surface area contributed by atoms with Gasteiger partial charge in [-0.25, -0.2) is 0 Å². The molecule has 9 nitrogen and oxygen atoms in total. The second kappa shape index (κ2) is 8.31. The van der Waals surface area contributed by atoms with Crippen LogP contribution in [0.2, 0.25) is 0 Å². The molecule has 29 heavy (non-hydrogen) atoms. The minimum Gasteiger partial charge on any atom is -0.481 e. The molecule has 2 heterocycles. The number of carbonyl (C=O) groups excluding carboxylic acids is 2. The predicted octanol–water partition coefficient (Wildman–Crippen LogP) is 4.06. The number of carboxylic acid groups (broad SMARTS) is 1. The molecule has 1 aliphatic rings. The lowest BCUT2D eigenvalue weighted by Crippen LogP contribution is -2.29. The summed E-state index contributed by atoms with van der Waals surface area (Å²) in [5, 5.41) is 19.1. The Morgan fingerprint density at radius 2 is 2.07 bits per heavy atom. The summed E-state index contributed by atoms with van der Waals surface area (Å²) in [6, 6.07) is 7.73. The zero-order valence-corrected chi connectivity index (χ0v) is 16.1. The number of carbonyl (C=O) groups is 3. The van der Waals surface area contributed by atoms with Gasteiger partial charge in [0, 0.05) is 36.7 Å². The minimum atomic E-state index is -0.989. The third-order valence-corrected chi connectivity index (χ3v) is 5.14. The van der Waals surface area contributed by atoms with Crippen LogP contribution in [0.5, 0.6) is 0 Å². The highest BCUT2D eigenvalue weighted by Crippen LogP contribution is 2.34. The highest BCUT2D eigenvalue weighted by molar-refractivity contribution is 8.18. The van der Waals surface area contributed by atoms with Gasteiger partial charge in [-0.3, -0.25) is 29.4 Å². The number of aryl methyl sites for hydroxylation is 1. The van der Waals surface area contributed by atoms with Gasteiger partial charge in [0.15, 0.2) is 0 Å². The summed E-state index contributed by atoms with van der Waals surface area (Å²) in [5.41, 5.74) is 1.32. The standard InChI is InChI=1S/C19H16N2O7S/c1-11-9-12(21(26)27)4-6-14(11)15-7-5-13(28-15)10-16-18(24)20(19(25)29-16)8-2-3-17(22)23/h4-7,9-10H,2-3,8H2,1H3,(H,22,23)/b16-10+. The molecule has 1 aliphatic heterocycles. The number of nitro benzene ring substituents is 1. The Balaban J connectivity index is 1.76. The summed E-state index contributed by atoms with van der Waals surface area (Å²) >= 11 is 0.765. The van der Waals surface area contributed by atoms with Gasteiger partial charge < -0.3 is 9.52 Å². The molecule has 2 aromatic rings. The Bertz CT molecular complexity index is 1040. The lowest BCUT2D eigenvalue weighted by Gasteiger charge is -2.10. The Morgan fingerprint density at radius 1 is 1.31 bits per heavy atom. The fourth-order valence-corrected chi connectivity index (χ4v) is 3.67. The van der Waals surface area contributed by atoms with E-state index in [-0.39, 0.29) is 30.0 Å². The van der Waals surface area contributed by atoms with E-state index in [1.54, 1.807) is 25.1 Å². The maximum atomic E-state index is 12.4. The summed E-state index contributed by atoms with van der Waals surface area (Å²) in [6.45, 7) is 1.77. The van der Waals surface area contributed by atoms with Crippen LogP contribution in [-0.2, 0) is 9.59 Å². The van der Waals surface area contributed by atoms with E-state index in [2.05, 4.69) is 0 Å². The van der Waals surface area contributed by atoms with Gasteiger partial charge in [0.1, 0.15) is 11.5 Å². The zero-order valence-electron chi connectivity index (χ0n) is 15.3. The Kier molecular flexibility index (Phi) is 5.83. The summed E-state index contributed by atoms with van der Waals surface area (Å²) < 4.78 is 5.72. The van der Waals surface area contributed by atoms with Crippen molar-refractivity contribution in [3.05, 3.63) is 56.7 Å². The van der Waals surface area contributed by atoms with Crippen molar-refractivity contribution in [2.75, 3.05) is 6.54 Å². The van der Waals surface area contributed by atoms with Gasteiger partial charge in [-0.2, -0.15) is 0 Å². The number of non-ortho nitro benzene ring substituents is 1. The Hall–Kier alpha value is -3.40. The van der Waals surface area contributed by atoms with Crippen molar-refractivity contribution in [1.82, 2.24) is 4.90 Å². The number of carboxylic acids is 1. The minimum absolute atomic E-state index is 0.0189. The van der Waals surface area contributed by atoms with Crippen LogP contribution in [0.4, 0.5) is 10.5 Å². The van der Waals surface area contributed by atoms with Gasteiger partial charge >= 0.3 is 5.97 Å². The molecule has 0 spiro atoms. The Labute approximate surface area is 169 Å². The fraction of sp³-hybridized carbons (Fsp3) is 0.211. The number of amides is 2. The summed E-state index contributed by atoms with van der Waals surface area (Å²) in [4.78, 5) is 46.6. The molecule has 2 amide bonds. The summed E-state index contributed by atoms with van der Waals surface area (Å²) in [7, 11) is 0. The van der Waals surface area contributed by atoms with Crippen molar-refractivity contribution in [3.8, 4) is 11.3 Å². The Morgan fingerprint density at radius 3 is 2.72 bits per heavy atom. The smallest absolute Gasteiger partial charge is 0.303 e. The normalized spacial score (nSPS) is 15.3. The molecule has 0 atom stereocenters. The average Bonchev–Trinajstić information content (AvgIpc) is 3.21. The first-order chi connectivity index (χ1) is 13.8. The third-order valence-electron chi connectivity index (χ3n) is 4.23. The van der Waals surface area contributed by atoms with Crippen molar-refractivity contribution >= 4 is 40.6 Å². The molecule has 1 aromatic heterocycles. The van der Waals surface area contributed by atoms with Crippen LogP contribution >= 0.6 is 11.8 Å². The molecule has 1 aromatic carbocycles. The molecule has 150 valence electrons. The number of nitro groups is 1. The van der Waals surface area contributed by atoms with E-state index in [4.69, 9.17) is 9.52 Å². The van der Waals surface area contributed by atoms with Crippen molar-refractivity contribution < 1.29 is 28.8 Å². The molecular weight excluding hydrogens is 400 g/mol. The molecule has 0 aliphatic carbocycles. The van der Waals surface area contributed by atoms with Gasteiger partial charge in [-0.1, -0.05) is 0 Å². The maximum absolute atomic E-state index is 12.4. The van der Waals surface area contributed by atoms with Crippen LogP contribution in [0.25, 0.3) is 17.4 Å². The first-order valence-corrected chi connectivity index (χ1v) is 9.40. The average molecular weight is 416 g/mol. The number of nitrogens with zero attached hydrogens (tertiary/aromatic N) is 2. The molecule has 1 N–H and O–H groups in total. The van der Waals surface area contributed by atoms with E-state index in [9.17, 15) is 24.5 Å². The monoisotopic (exact) mass is 416 g/mol. The van der Waals surface area contributed by atoms with Crippen LogP contribution in [-0.4, -0.2) is 38.6 Å². The van der Waals surface area contributed by atoms with Gasteiger partial charge in [0.25, 0.3) is 16.8 Å². The van der Waals surface area contributed by atoms with E-state index < -0.39 is 22.0 Å². The van der Waals surface area contributed by atoms with Crippen LogP contribution in [0.15, 0.2) is 39.7 Å². The van der Waals surface area contributed by atoms with Crippen LogP contribution in [0, 0.1) is 17.0 Å². The number of aliphatic carboxylic acids is 1. The second-order valence-corrected chi connectivity index (χ2v) is 7.28. The quantitative estimate of drug-likeness (QED) is 0.406. The zero-order chi connectivity index (χ0) is 21.1. The fourth-order valence-electron chi connectivity index (χ4n) is 2.82. The molecule has 10 heteroatoms. The van der Waals surface area contributed by atoms with Crippen molar-refractivity contribution in [2.45, 2.75) is 19.8 Å². The second-order valence-electron chi connectivity index (χ2n) is 6.29. The largest absolute Gasteiger partial charge is 0.481 e. The van der Waals surface area contributed by atoms with Gasteiger partial charge in [0.2, 0.25) is 0 Å². The number of benzene rings is 1. The number of hydrogen-bond acceptors (Lipinski definition) is 7. The number of thioether (sulfide) groups is 1. The molecule has 0 saturated carbocycles. The topological polar surface area (TPSA) is 131 Å². The van der Waals surface area contributed by atoms with E-state index in [0.717, 1.165) is 16.7 Å². The van der Waals surface area contributed by atoms with E-state index in [1.807, 2.05) is 0 Å². The molecule has 1 saturated heterocycles. The molecule has 1 fully saturated rings. The predicted molar refractivity (Wildman–Crippen MR) is 105 cm³/mol. The molecular formula is C19H16N2O7S. The molecule has 0 unspecified atom stereocenters. The lowest BCUT2D eigenvalue weighted by molar-refractivity contribution is -0.384. The SMILES string of the molecule is Cc1cc([N+](=O)[O-])ccc1-c1ccc(/C=C2/SC(=O)N(CCCC(=O)O)C2=O)o1. The first-order valence-electron chi connectivity index (χ1n) is 8.58. The lowest BCUT2D eigenvalue weighted by atomic mass is 10.1. The summed E-state index contributed by atoms with van der Waals surface area (Å²) in [5.74, 6) is -0.648. The van der Waals surface area contributed by atoms with E-state index in [1.165, 1.54) is 18.2 Å². The van der Waals surface area contributed by atoms with E-state index >= 15 is 0 Å². The van der Waals surface area contributed by atoms with Crippen LogP contribution in [0.1, 0.15) is 24.2 Å². The van der Waals surface area contributed by atoms with Crippen LogP contribution in [0.3, 0.4) is 0 Å². The van der Waals surface area contributed by atoms with Crippen LogP contribution < -0.4 is 0 Å². The van der Waals surface area contributed by atoms with Crippen molar-refractivity contribution in [2.24, 2.45) is 0 Å². The number of imide groups is 1.